The predicted octanol–water partition coefficient (Wildman–Crippen LogP) is 1.51. The minimum Gasteiger partial charge on any atom is -0.469 e. The van der Waals surface area contributed by atoms with Crippen molar-refractivity contribution in [1.29, 1.82) is 0 Å². The standard InChI is InChI=1S/C8H13NO4/c1-13-8(10)6-4-2-3-5-7-9(11)12/h5,7H,2-4,6H2,1H3. The summed E-state index contributed by atoms with van der Waals surface area (Å²) in [7, 11) is 1.34. The highest BCUT2D eigenvalue weighted by molar-refractivity contribution is 5.68. The fraction of sp³-hybridized carbons (Fsp3) is 0.625. The zero-order valence-corrected chi connectivity index (χ0v) is 7.56. The fourth-order valence-electron chi connectivity index (χ4n) is 0.794. The molecule has 0 aliphatic heterocycles. The zero-order valence-electron chi connectivity index (χ0n) is 7.56. The van der Waals surface area contributed by atoms with Gasteiger partial charge in [-0.1, -0.05) is 0 Å². The zero-order chi connectivity index (χ0) is 10.1. The number of methoxy groups -OCH3 is 1. The molecule has 0 atom stereocenters. The molecule has 0 amide bonds. The molecule has 74 valence electrons. The van der Waals surface area contributed by atoms with Crippen molar-refractivity contribution < 1.29 is 14.5 Å². The molecule has 0 aromatic rings. The molecule has 0 heterocycles. The molecule has 0 unspecified atom stereocenters. The lowest BCUT2D eigenvalue weighted by atomic mass is 10.2. The van der Waals surface area contributed by atoms with Crippen LogP contribution < -0.4 is 0 Å². The molecule has 5 nitrogen and oxygen atoms in total. The first-order chi connectivity index (χ1) is 6.16. The Morgan fingerprint density at radius 2 is 2.23 bits per heavy atom. The van der Waals surface area contributed by atoms with Crippen LogP contribution in [0.15, 0.2) is 12.3 Å². The summed E-state index contributed by atoms with van der Waals surface area (Å²) in [4.78, 5) is 19.9. The van der Waals surface area contributed by atoms with Gasteiger partial charge in [-0.05, 0) is 25.3 Å². The Morgan fingerprint density at radius 1 is 1.54 bits per heavy atom. The molecular formula is C8H13NO4. The third-order valence-corrected chi connectivity index (χ3v) is 1.46. The summed E-state index contributed by atoms with van der Waals surface area (Å²) >= 11 is 0. The predicted molar refractivity (Wildman–Crippen MR) is 46.6 cm³/mol. The van der Waals surface area contributed by atoms with Crippen LogP contribution in [0.3, 0.4) is 0 Å². The van der Waals surface area contributed by atoms with Crippen molar-refractivity contribution in [2.75, 3.05) is 7.11 Å². The summed E-state index contributed by atoms with van der Waals surface area (Å²) < 4.78 is 4.43. The van der Waals surface area contributed by atoms with Gasteiger partial charge in [-0.3, -0.25) is 14.9 Å². The van der Waals surface area contributed by atoms with E-state index in [-0.39, 0.29) is 5.97 Å². The van der Waals surface area contributed by atoms with Crippen LogP contribution >= 0.6 is 0 Å². The van der Waals surface area contributed by atoms with Crippen LogP contribution in [0.1, 0.15) is 25.7 Å². The maximum Gasteiger partial charge on any atom is 0.305 e. The second kappa shape index (κ2) is 7.27. The summed E-state index contributed by atoms with van der Waals surface area (Å²) in [5.74, 6) is -0.238. The number of nitrogens with zero attached hydrogens (tertiary/aromatic N) is 1. The Labute approximate surface area is 76.5 Å². The Hall–Kier alpha value is -1.39. The number of esters is 1. The monoisotopic (exact) mass is 187 g/mol. The van der Waals surface area contributed by atoms with E-state index in [1.54, 1.807) is 0 Å². The van der Waals surface area contributed by atoms with Crippen LogP contribution in [0.2, 0.25) is 0 Å². The summed E-state index contributed by atoms with van der Waals surface area (Å²) in [5, 5.41) is 9.83. The second-order valence-electron chi connectivity index (χ2n) is 2.49. The number of nitro groups is 1. The molecule has 0 N–H and O–H groups in total. The molecule has 0 spiro atoms. The van der Waals surface area contributed by atoms with Gasteiger partial charge in [-0.25, -0.2) is 0 Å². The molecule has 0 saturated carbocycles. The van der Waals surface area contributed by atoms with Crippen molar-refractivity contribution in [2.45, 2.75) is 25.7 Å². The van der Waals surface area contributed by atoms with Gasteiger partial charge in [0.2, 0.25) is 6.20 Å². The number of hydrogen-bond donors (Lipinski definition) is 0. The molecular weight excluding hydrogens is 174 g/mol. The van der Waals surface area contributed by atoms with Crippen molar-refractivity contribution >= 4 is 5.97 Å². The van der Waals surface area contributed by atoms with Gasteiger partial charge in [0.25, 0.3) is 0 Å². The Morgan fingerprint density at radius 3 is 2.77 bits per heavy atom. The maximum absolute atomic E-state index is 10.6. The summed E-state index contributed by atoms with van der Waals surface area (Å²) in [6.45, 7) is 0. The van der Waals surface area contributed by atoms with E-state index in [4.69, 9.17) is 0 Å². The minimum absolute atomic E-state index is 0.238. The lowest BCUT2D eigenvalue weighted by Gasteiger charge is -1.96. The first-order valence-electron chi connectivity index (χ1n) is 4.03. The molecule has 0 saturated heterocycles. The summed E-state index contributed by atoms with van der Waals surface area (Å²) in [5.41, 5.74) is 0. The number of carbonyl (C=O) groups excluding carboxylic acids is 1. The highest BCUT2D eigenvalue weighted by atomic mass is 16.6. The first-order valence-corrected chi connectivity index (χ1v) is 4.03. The molecule has 5 heteroatoms. The van der Waals surface area contributed by atoms with E-state index in [0.29, 0.717) is 19.3 Å². The van der Waals surface area contributed by atoms with Gasteiger partial charge in [0.15, 0.2) is 0 Å². The highest BCUT2D eigenvalue weighted by Crippen LogP contribution is 2.01. The molecule has 0 fully saturated rings. The van der Waals surface area contributed by atoms with Crippen molar-refractivity contribution in [3.05, 3.63) is 22.4 Å². The van der Waals surface area contributed by atoms with Crippen LogP contribution in [-0.4, -0.2) is 18.0 Å². The summed E-state index contributed by atoms with van der Waals surface area (Å²) in [6, 6.07) is 0. The van der Waals surface area contributed by atoms with Crippen molar-refractivity contribution in [1.82, 2.24) is 0 Å². The number of allylic oxidation sites excluding steroid dienone is 1. The largest absolute Gasteiger partial charge is 0.469 e. The van der Waals surface area contributed by atoms with Crippen molar-refractivity contribution in [2.24, 2.45) is 0 Å². The number of carbonyl (C=O) groups is 1. The van der Waals surface area contributed by atoms with Crippen molar-refractivity contribution in [3.8, 4) is 0 Å². The summed E-state index contributed by atoms with van der Waals surface area (Å²) in [6.07, 6.45) is 4.87. The van der Waals surface area contributed by atoms with E-state index in [2.05, 4.69) is 4.74 Å². The lowest BCUT2D eigenvalue weighted by molar-refractivity contribution is -0.402. The number of ether oxygens (including phenoxy) is 1. The van der Waals surface area contributed by atoms with Crippen LogP contribution in [0, 0.1) is 10.1 Å². The van der Waals surface area contributed by atoms with E-state index < -0.39 is 4.92 Å². The fourth-order valence-corrected chi connectivity index (χ4v) is 0.794. The van der Waals surface area contributed by atoms with Crippen LogP contribution in [0.4, 0.5) is 0 Å². The smallest absolute Gasteiger partial charge is 0.305 e. The molecule has 0 radical (unpaired) electrons. The molecule has 0 bridgehead atoms. The van der Waals surface area contributed by atoms with Gasteiger partial charge in [0.05, 0.1) is 12.0 Å². The Kier molecular flexibility index (Phi) is 6.49. The molecule has 0 aliphatic carbocycles. The van der Waals surface area contributed by atoms with Gasteiger partial charge in [0.1, 0.15) is 0 Å². The Balaban J connectivity index is 3.26. The van der Waals surface area contributed by atoms with Gasteiger partial charge in [-0.2, -0.15) is 0 Å². The quantitative estimate of drug-likeness (QED) is 0.273. The number of hydrogen-bond acceptors (Lipinski definition) is 4. The van der Waals surface area contributed by atoms with Crippen LogP contribution in [0.5, 0.6) is 0 Å². The third kappa shape index (κ3) is 8.52. The normalized spacial score (nSPS) is 10.2. The lowest BCUT2D eigenvalue weighted by Crippen LogP contribution is -1.98. The number of rotatable bonds is 6. The topological polar surface area (TPSA) is 69.4 Å². The highest BCUT2D eigenvalue weighted by Gasteiger charge is 1.97. The number of unbranched alkanes of at least 4 members (excludes halogenated alkanes) is 2. The SMILES string of the molecule is COC(=O)CCCCC=C[N+](=O)[O-]. The maximum atomic E-state index is 10.6. The molecule has 0 aromatic heterocycles. The van der Waals surface area contributed by atoms with E-state index in [0.717, 1.165) is 12.6 Å². The average Bonchev–Trinajstić information content (AvgIpc) is 2.10. The Bertz CT molecular complexity index is 200. The average molecular weight is 187 g/mol. The van der Waals surface area contributed by atoms with Crippen molar-refractivity contribution in [3.63, 3.8) is 0 Å². The van der Waals surface area contributed by atoms with Gasteiger partial charge >= 0.3 is 5.97 Å². The minimum atomic E-state index is -0.500. The van der Waals surface area contributed by atoms with E-state index >= 15 is 0 Å². The molecule has 13 heavy (non-hydrogen) atoms. The second-order valence-corrected chi connectivity index (χ2v) is 2.49. The van der Waals surface area contributed by atoms with E-state index in [1.165, 1.54) is 13.2 Å². The van der Waals surface area contributed by atoms with E-state index in [9.17, 15) is 14.9 Å². The van der Waals surface area contributed by atoms with Crippen LogP contribution in [0.25, 0.3) is 0 Å². The molecule has 0 aromatic carbocycles. The van der Waals surface area contributed by atoms with Gasteiger partial charge in [-0.15, -0.1) is 0 Å². The van der Waals surface area contributed by atoms with Gasteiger partial charge < -0.3 is 4.74 Å². The van der Waals surface area contributed by atoms with Crippen LogP contribution in [-0.2, 0) is 9.53 Å². The van der Waals surface area contributed by atoms with E-state index in [1.807, 2.05) is 0 Å². The molecule has 0 rings (SSSR count). The van der Waals surface area contributed by atoms with Gasteiger partial charge in [0, 0.05) is 6.42 Å². The first kappa shape index (κ1) is 11.6. The molecule has 0 aliphatic rings. The third-order valence-electron chi connectivity index (χ3n) is 1.46.